The van der Waals surface area contributed by atoms with Crippen molar-refractivity contribution < 1.29 is 18.7 Å². The maximum Gasteiger partial charge on any atom is 0.275 e. The lowest BCUT2D eigenvalue weighted by molar-refractivity contribution is 0.0842. The maximum absolute atomic E-state index is 13.6. The molecular weight excluding hydrogens is 337 g/mol. The molecule has 3 aromatic rings. The van der Waals surface area contributed by atoms with Crippen LogP contribution in [0.25, 0.3) is 0 Å². The minimum atomic E-state index is -0.772. The van der Waals surface area contributed by atoms with Crippen molar-refractivity contribution in [3.63, 3.8) is 0 Å². The number of para-hydroxylation sites is 1. The van der Waals surface area contributed by atoms with E-state index in [0.29, 0.717) is 5.75 Å². The Morgan fingerprint density at radius 2 is 1.42 bits per heavy atom. The molecule has 130 valence electrons. The van der Waals surface area contributed by atoms with E-state index in [9.17, 15) is 14.0 Å². The number of nitrogens with one attached hydrogen (secondary N) is 2. The number of carbonyl (C=O) groups excluding carboxylic acids is 2. The molecule has 0 unspecified atom stereocenters. The van der Waals surface area contributed by atoms with E-state index in [0.717, 1.165) is 6.07 Å². The number of hydrazine groups is 1. The second-order valence-electron chi connectivity index (χ2n) is 5.16. The highest BCUT2D eigenvalue weighted by atomic mass is 19.1. The van der Waals surface area contributed by atoms with E-state index in [1.165, 1.54) is 30.5 Å². The number of halogens is 1. The fourth-order valence-electron chi connectivity index (χ4n) is 2.14. The van der Waals surface area contributed by atoms with Crippen molar-refractivity contribution in [3.8, 4) is 11.6 Å². The number of pyridine rings is 1. The van der Waals surface area contributed by atoms with Crippen LogP contribution < -0.4 is 15.6 Å². The molecule has 0 saturated carbocycles. The number of carbonyl (C=O) groups is 2. The fourth-order valence-corrected chi connectivity index (χ4v) is 2.14. The van der Waals surface area contributed by atoms with Crippen molar-refractivity contribution in [2.45, 2.75) is 0 Å². The quantitative estimate of drug-likeness (QED) is 0.708. The van der Waals surface area contributed by atoms with Crippen LogP contribution in [0.5, 0.6) is 11.6 Å². The lowest BCUT2D eigenvalue weighted by Gasteiger charge is -2.11. The Hall–Kier alpha value is -3.74. The summed E-state index contributed by atoms with van der Waals surface area (Å²) in [6.07, 6.45) is 1.48. The minimum absolute atomic E-state index is 0.0799. The topological polar surface area (TPSA) is 80.3 Å². The maximum atomic E-state index is 13.6. The first-order valence-electron chi connectivity index (χ1n) is 7.68. The van der Waals surface area contributed by atoms with Gasteiger partial charge in [0.2, 0.25) is 5.88 Å². The molecule has 0 aliphatic heterocycles. The van der Waals surface area contributed by atoms with Crippen molar-refractivity contribution in [1.29, 1.82) is 0 Å². The fraction of sp³-hybridized carbons (Fsp3) is 0. The molecule has 0 bridgehead atoms. The van der Waals surface area contributed by atoms with E-state index < -0.39 is 17.6 Å². The summed E-state index contributed by atoms with van der Waals surface area (Å²) in [7, 11) is 0. The number of rotatable bonds is 4. The van der Waals surface area contributed by atoms with Crippen LogP contribution >= 0.6 is 0 Å². The zero-order valence-corrected chi connectivity index (χ0v) is 13.5. The molecule has 1 heterocycles. The Morgan fingerprint density at radius 3 is 2.15 bits per heavy atom. The Kier molecular flexibility index (Phi) is 5.19. The summed E-state index contributed by atoms with van der Waals surface area (Å²) in [5.41, 5.74) is 4.33. The molecule has 0 radical (unpaired) electrons. The number of aromatic nitrogens is 1. The molecule has 0 aliphatic rings. The molecule has 0 aliphatic carbocycles. The average Bonchev–Trinajstić information content (AvgIpc) is 2.67. The highest BCUT2D eigenvalue weighted by molar-refractivity contribution is 6.00. The second kappa shape index (κ2) is 7.89. The van der Waals surface area contributed by atoms with Gasteiger partial charge in [-0.3, -0.25) is 20.4 Å². The van der Waals surface area contributed by atoms with Gasteiger partial charge in [0.05, 0.1) is 5.56 Å². The van der Waals surface area contributed by atoms with Gasteiger partial charge in [-0.05, 0) is 36.4 Å². The van der Waals surface area contributed by atoms with E-state index >= 15 is 0 Å². The van der Waals surface area contributed by atoms with Gasteiger partial charge in [0.1, 0.15) is 17.1 Å². The first kappa shape index (κ1) is 17.1. The summed E-state index contributed by atoms with van der Waals surface area (Å²) in [5, 5.41) is 0. The summed E-state index contributed by atoms with van der Waals surface area (Å²) in [6.45, 7) is 0. The number of hydrogen-bond donors (Lipinski definition) is 2. The molecule has 0 saturated heterocycles. The zero-order valence-electron chi connectivity index (χ0n) is 13.5. The number of ether oxygens (including phenoxy) is 1. The summed E-state index contributed by atoms with van der Waals surface area (Å²) in [5.74, 6) is -1.51. The van der Waals surface area contributed by atoms with E-state index in [-0.39, 0.29) is 17.0 Å². The summed E-state index contributed by atoms with van der Waals surface area (Å²) >= 11 is 0. The average molecular weight is 351 g/mol. The SMILES string of the molecule is O=C(NNC(=O)c1cccnc1Oc1ccccc1)c1ccccc1F. The predicted octanol–water partition coefficient (Wildman–Crippen LogP) is 3.09. The van der Waals surface area contributed by atoms with Gasteiger partial charge in [0.25, 0.3) is 11.8 Å². The van der Waals surface area contributed by atoms with E-state index in [1.807, 2.05) is 6.07 Å². The van der Waals surface area contributed by atoms with Gasteiger partial charge in [-0.25, -0.2) is 9.37 Å². The monoisotopic (exact) mass is 351 g/mol. The molecule has 6 nitrogen and oxygen atoms in total. The summed E-state index contributed by atoms with van der Waals surface area (Å²) in [4.78, 5) is 28.3. The number of nitrogens with zero attached hydrogens (tertiary/aromatic N) is 1. The second-order valence-corrected chi connectivity index (χ2v) is 5.16. The molecule has 2 aromatic carbocycles. The van der Waals surface area contributed by atoms with Gasteiger partial charge in [-0.2, -0.15) is 0 Å². The smallest absolute Gasteiger partial charge is 0.275 e. The minimum Gasteiger partial charge on any atom is -0.438 e. The van der Waals surface area contributed by atoms with Crippen molar-refractivity contribution in [2.75, 3.05) is 0 Å². The van der Waals surface area contributed by atoms with E-state index in [1.54, 1.807) is 30.3 Å². The Balaban J connectivity index is 1.70. The molecular formula is C19H14FN3O3. The third kappa shape index (κ3) is 4.02. The van der Waals surface area contributed by atoms with Gasteiger partial charge in [-0.1, -0.05) is 30.3 Å². The third-order valence-electron chi connectivity index (χ3n) is 3.38. The first-order chi connectivity index (χ1) is 12.6. The standard InChI is InChI=1S/C19H14FN3O3/c20-16-11-5-4-9-14(16)17(24)22-23-18(25)15-10-6-12-21-19(15)26-13-7-2-1-3-8-13/h1-12H,(H,22,24)(H,23,25). The van der Waals surface area contributed by atoms with E-state index in [2.05, 4.69) is 15.8 Å². The van der Waals surface area contributed by atoms with Crippen LogP contribution in [0.4, 0.5) is 4.39 Å². The van der Waals surface area contributed by atoms with Crippen LogP contribution in [0.3, 0.4) is 0 Å². The number of benzene rings is 2. The van der Waals surface area contributed by atoms with Crippen molar-refractivity contribution in [2.24, 2.45) is 0 Å². The van der Waals surface area contributed by atoms with Crippen LogP contribution in [-0.2, 0) is 0 Å². The van der Waals surface area contributed by atoms with Crippen LogP contribution in [0.1, 0.15) is 20.7 Å². The number of hydrogen-bond acceptors (Lipinski definition) is 4. The summed E-state index contributed by atoms with van der Waals surface area (Å²) in [6, 6.07) is 17.3. The summed E-state index contributed by atoms with van der Waals surface area (Å²) < 4.78 is 19.2. The normalized spacial score (nSPS) is 10.0. The molecule has 0 fully saturated rings. The number of amides is 2. The highest BCUT2D eigenvalue weighted by Gasteiger charge is 2.16. The molecule has 0 spiro atoms. The van der Waals surface area contributed by atoms with Crippen LogP contribution in [0, 0.1) is 5.82 Å². The van der Waals surface area contributed by atoms with Crippen molar-refractivity contribution >= 4 is 11.8 Å². The Morgan fingerprint density at radius 1 is 0.808 bits per heavy atom. The van der Waals surface area contributed by atoms with Crippen LogP contribution in [-0.4, -0.2) is 16.8 Å². The molecule has 1 aromatic heterocycles. The van der Waals surface area contributed by atoms with Gasteiger partial charge in [-0.15, -0.1) is 0 Å². The zero-order chi connectivity index (χ0) is 18.4. The lowest BCUT2D eigenvalue weighted by atomic mass is 10.2. The largest absolute Gasteiger partial charge is 0.438 e. The lowest BCUT2D eigenvalue weighted by Crippen LogP contribution is -2.42. The highest BCUT2D eigenvalue weighted by Crippen LogP contribution is 2.22. The van der Waals surface area contributed by atoms with Crippen molar-refractivity contribution in [1.82, 2.24) is 15.8 Å². The van der Waals surface area contributed by atoms with Gasteiger partial charge in [0, 0.05) is 6.20 Å². The molecule has 2 amide bonds. The van der Waals surface area contributed by atoms with Gasteiger partial charge < -0.3 is 4.74 Å². The Labute approximate surface area is 148 Å². The molecule has 2 N–H and O–H groups in total. The molecule has 3 rings (SSSR count). The van der Waals surface area contributed by atoms with Crippen LogP contribution in [0.15, 0.2) is 72.9 Å². The third-order valence-corrected chi connectivity index (χ3v) is 3.38. The van der Waals surface area contributed by atoms with E-state index in [4.69, 9.17) is 4.74 Å². The van der Waals surface area contributed by atoms with Gasteiger partial charge in [0.15, 0.2) is 0 Å². The molecule has 7 heteroatoms. The Bertz CT molecular complexity index is 932. The predicted molar refractivity (Wildman–Crippen MR) is 92.1 cm³/mol. The first-order valence-corrected chi connectivity index (χ1v) is 7.68. The van der Waals surface area contributed by atoms with Crippen LogP contribution in [0.2, 0.25) is 0 Å². The van der Waals surface area contributed by atoms with Crippen molar-refractivity contribution in [3.05, 3.63) is 89.9 Å². The molecule has 26 heavy (non-hydrogen) atoms. The molecule has 0 atom stereocenters. The van der Waals surface area contributed by atoms with Gasteiger partial charge >= 0.3 is 0 Å².